The van der Waals surface area contributed by atoms with E-state index in [9.17, 15) is 19.8 Å². The Morgan fingerprint density at radius 3 is 2.15 bits per heavy atom. The van der Waals surface area contributed by atoms with Gasteiger partial charge in [-0.05, 0) is 5.56 Å². The van der Waals surface area contributed by atoms with Gasteiger partial charge in [-0.15, -0.1) is 0 Å². The molecule has 1 aromatic rings. The van der Waals surface area contributed by atoms with Crippen LogP contribution >= 0.6 is 0 Å². The Labute approximate surface area is 118 Å². The number of ketones is 1. The fraction of sp³-hybridized carbons (Fsp3) is 0.467. The predicted octanol–water partition coefficient (Wildman–Crippen LogP) is 1.48. The van der Waals surface area contributed by atoms with E-state index in [0.717, 1.165) is 0 Å². The van der Waals surface area contributed by atoms with Gasteiger partial charge < -0.3 is 14.9 Å². The molecule has 0 spiro atoms. The molecule has 0 aliphatic rings. The zero-order valence-corrected chi connectivity index (χ0v) is 11.9. The van der Waals surface area contributed by atoms with E-state index in [2.05, 4.69) is 4.74 Å². The van der Waals surface area contributed by atoms with Crippen molar-refractivity contribution >= 4 is 11.8 Å². The largest absolute Gasteiger partial charge is 0.469 e. The second-order valence-electron chi connectivity index (χ2n) is 4.93. The second kappa shape index (κ2) is 7.17. The molecule has 1 aromatic carbocycles. The molecule has 5 heteroatoms. The van der Waals surface area contributed by atoms with Crippen molar-refractivity contribution in [1.29, 1.82) is 0 Å². The van der Waals surface area contributed by atoms with E-state index in [1.807, 2.05) is 13.8 Å². The summed E-state index contributed by atoms with van der Waals surface area (Å²) < 4.78 is 4.43. The Balaban J connectivity index is 2.77. The van der Waals surface area contributed by atoms with Crippen molar-refractivity contribution in [2.75, 3.05) is 7.11 Å². The van der Waals surface area contributed by atoms with Crippen LogP contribution in [0, 0.1) is 5.92 Å². The molecule has 0 radical (unpaired) electrons. The van der Waals surface area contributed by atoms with Crippen LogP contribution in [0.25, 0.3) is 0 Å². The monoisotopic (exact) mass is 280 g/mol. The minimum Gasteiger partial charge on any atom is -0.469 e. The number of hydrogen-bond acceptors (Lipinski definition) is 5. The molecule has 2 atom stereocenters. The third-order valence-electron chi connectivity index (χ3n) is 3.03. The Bertz CT molecular complexity index is 464. The predicted molar refractivity (Wildman–Crippen MR) is 73.2 cm³/mol. The van der Waals surface area contributed by atoms with Crippen LogP contribution in [0.5, 0.6) is 0 Å². The lowest BCUT2D eigenvalue weighted by atomic mass is 9.97. The van der Waals surface area contributed by atoms with Gasteiger partial charge in [0.25, 0.3) is 0 Å². The molecule has 2 N–H and O–H groups in total. The minimum atomic E-state index is -1.24. The van der Waals surface area contributed by atoms with Crippen molar-refractivity contribution in [3.63, 3.8) is 0 Å². The molecule has 110 valence electrons. The number of Topliss-reactive ketones (excluding diaryl/α,β-unsaturated/α-hetero) is 1. The smallest absolute Gasteiger partial charge is 0.308 e. The summed E-state index contributed by atoms with van der Waals surface area (Å²) in [5.74, 6) is -0.681. The highest BCUT2D eigenvalue weighted by molar-refractivity contribution is 5.97. The molecule has 0 bridgehead atoms. The normalized spacial score (nSPS) is 13.9. The van der Waals surface area contributed by atoms with E-state index in [1.165, 1.54) is 7.11 Å². The Morgan fingerprint density at radius 2 is 1.70 bits per heavy atom. The first kappa shape index (κ1) is 16.3. The van der Waals surface area contributed by atoms with Crippen molar-refractivity contribution < 1.29 is 24.5 Å². The van der Waals surface area contributed by atoms with Crippen LogP contribution in [0.2, 0.25) is 0 Å². The molecule has 0 saturated carbocycles. The van der Waals surface area contributed by atoms with Crippen molar-refractivity contribution in [3.8, 4) is 0 Å². The van der Waals surface area contributed by atoms with Crippen molar-refractivity contribution in [3.05, 3.63) is 35.4 Å². The lowest BCUT2D eigenvalue weighted by molar-refractivity contribution is -0.144. The summed E-state index contributed by atoms with van der Waals surface area (Å²) in [6, 6.07) is 6.35. The first-order valence-electron chi connectivity index (χ1n) is 6.44. The van der Waals surface area contributed by atoms with Crippen molar-refractivity contribution in [2.24, 2.45) is 5.92 Å². The molecule has 5 nitrogen and oxygen atoms in total. The molecule has 1 rings (SSSR count). The third kappa shape index (κ3) is 4.15. The minimum absolute atomic E-state index is 0.0150. The lowest BCUT2D eigenvalue weighted by Crippen LogP contribution is -2.22. The summed E-state index contributed by atoms with van der Waals surface area (Å²) in [5.41, 5.74) is 1.00. The van der Waals surface area contributed by atoms with E-state index < -0.39 is 18.2 Å². The molecular weight excluding hydrogens is 260 g/mol. The molecule has 0 saturated heterocycles. The molecule has 0 amide bonds. The van der Waals surface area contributed by atoms with Crippen LogP contribution < -0.4 is 0 Å². The first-order chi connectivity index (χ1) is 9.36. The van der Waals surface area contributed by atoms with Gasteiger partial charge in [-0.3, -0.25) is 9.59 Å². The fourth-order valence-corrected chi connectivity index (χ4v) is 1.77. The first-order valence-corrected chi connectivity index (χ1v) is 6.44. The van der Waals surface area contributed by atoms with Crippen molar-refractivity contribution in [1.82, 2.24) is 0 Å². The molecule has 20 heavy (non-hydrogen) atoms. The zero-order chi connectivity index (χ0) is 15.3. The van der Waals surface area contributed by atoms with Gasteiger partial charge in [-0.2, -0.15) is 0 Å². The van der Waals surface area contributed by atoms with Crippen LogP contribution in [0.4, 0.5) is 0 Å². The number of rotatable bonds is 6. The highest BCUT2D eigenvalue weighted by Crippen LogP contribution is 2.20. The molecule has 0 aliphatic carbocycles. The maximum absolute atomic E-state index is 11.8. The summed E-state index contributed by atoms with van der Waals surface area (Å²) in [6.45, 7) is 3.62. The van der Waals surface area contributed by atoms with Gasteiger partial charge in [0.15, 0.2) is 5.78 Å². The average Bonchev–Trinajstić information content (AvgIpc) is 2.45. The van der Waals surface area contributed by atoms with E-state index in [4.69, 9.17) is 0 Å². The van der Waals surface area contributed by atoms with E-state index in [0.29, 0.717) is 11.1 Å². The fourth-order valence-electron chi connectivity index (χ4n) is 1.77. The summed E-state index contributed by atoms with van der Waals surface area (Å²) in [5, 5.41) is 19.7. The Morgan fingerprint density at radius 1 is 1.15 bits per heavy atom. The van der Waals surface area contributed by atoms with Gasteiger partial charge in [0.05, 0.1) is 19.6 Å². The number of esters is 1. The highest BCUT2D eigenvalue weighted by atomic mass is 16.5. The topological polar surface area (TPSA) is 83.8 Å². The van der Waals surface area contributed by atoms with Crippen LogP contribution in [-0.2, 0) is 9.53 Å². The number of ether oxygens (including phenoxy) is 1. The number of methoxy groups -OCH3 is 1. The molecule has 0 aliphatic heterocycles. The van der Waals surface area contributed by atoms with Crippen LogP contribution in [0.3, 0.4) is 0 Å². The number of aliphatic hydroxyl groups excluding tert-OH is 2. The third-order valence-corrected chi connectivity index (χ3v) is 3.03. The second-order valence-corrected chi connectivity index (χ2v) is 4.93. The van der Waals surface area contributed by atoms with Gasteiger partial charge in [-0.25, -0.2) is 0 Å². The van der Waals surface area contributed by atoms with Crippen LogP contribution in [-0.4, -0.2) is 35.2 Å². The number of aliphatic hydroxyl groups is 2. The molecule has 0 aromatic heterocycles. The molecule has 0 heterocycles. The summed E-state index contributed by atoms with van der Waals surface area (Å²) in [4.78, 5) is 22.8. The standard InChI is InChI=1S/C15H20O5/c1-9(2)14(18)10-4-6-11(7-5-10)15(19)12(16)8-13(17)20-3/h4-7,9,12,15-16,19H,8H2,1-3H3. The Hall–Kier alpha value is -1.72. The van der Waals surface area contributed by atoms with Crippen LogP contribution in [0.15, 0.2) is 24.3 Å². The number of carbonyl (C=O) groups is 2. The molecular formula is C15H20O5. The maximum Gasteiger partial charge on any atom is 0.308 e. The lowest BCUT2D eigenvalue weighted by Gasteiger charge is -2.17. The quantitative estimate of drug-likeness (QED) is 0.609. The number of benzene rings is 1. The number of hydrogen-bond donors (Lipinski definition) is 2. The van der Waals surface area contributed by atoms with Crippen LogP contribution in [0.1, 0.15) is 42.3 Å². The van der Waals surface area contributed by atoms with E-state index in [-0.39, 0.29) is 18.1 Å². The summed E-state index contributed by atoms with van der Waals surface area (Å²) in [7, 11) is 1.22. The van der Waals surface area contributed by atoms with Gasteiger partial charge >= 0.3 is 5.97 Å². The Kier molecular flexibility index (Phi) is 5.85. The molecule has 0 fully saturated rings. The SMILES string of the molecule is COC(=O)CC(O)C(O)c1ccc(C(=O)C(C)C)cc1. The number of carbonyl (C=O) groups excluding carboxylic acids is 2. The van der Waals surface area contributed by atoms with Gasteiger partial charge in [0.2, 0.25) is 0 Å². The van der Waals surface area contributed by atoms with Gasteiger partial charge in [0.1, 0.15) is 6.10 Å². The maximum atomic E-state index is 11.8. The average molecular weight is 280 g/mol. The van der Waals surface area contributed by atoms with E-state index >= 15 is 0 Å². The summed E-state index contributed by atoms with van der Waals surface area (Å²) in [6.07, 6.45) is -2.73. The summed E-state index contributed by atoms with van der Waals surface area (Å²) >= 11 is 0. The van der Waals surface area contributed by atoms with Gasteiger partial charge in [0, 0.05) is 11.5 Å². The van der Waals surface area contributed by atoms with Crippen molar-refractivity contribution in [2.45, 2.75) is 32.5 Å². The zero-order valence-electron chi connectivity index (χ0n) is 11.9. The van der Waals surface area contributed by atoms with E-state index in [1.54, 1.807) is 24.3 Å². The highest BCUT2D eigenvalue weighted by Gasteiger charge is 2.22. The van der Waals surface area contributed by atoms with Gasteiger partial charge in [-0.1, -0.05) is 38.1 Å². The molecule has 2 unspecified atom stereocenters.